The molecule has 0 aliphatic rings. The lowest BCUT2D eigenvalue weighted by Crippen LogP contribution is -2.18. The Hall–Kier alpha value is -2.26. The summed E-state index contributed by atoms with van der Waals surface area (Å²) in [4.78, 5) is 0. The van der Waals surface area contributed by atoms with Gasteiger partial charge in [-0.25, -0.2) is 0 Å². The molecule has 0 heterocycles. The molecule has 138 valence electrons. The molecule has 0 radical (unpaired) electrons. The molecule has 0 bridgehead atoms. The van der Waals surface area contributed by atoms with Crippen molar-refractivity contribution in [3.8, 4) is 11.1 Å². The molecular formula is C26H24P2. The summed E-state index contributed by atoms with van der Waals surface area (Å²) in [6.45, 7) is 4.75. The topological polar surface area (TPSA) is 0 Å². The van der Waals surface area contributed by atoms with E-state index in [1.54, 1.807) is 0 Å². The van der Waals surface area contributed by atoms with Crippen molar-refractivity contribution in [3.05, 3.63) is 109 Å². The van der Waals surface area contributed by atoms with Gasteiger partial charge in [0, 0.05) is 0 Å². The fourth-order valence-electron chi connectivity index (χ4n) is 3.57. The van der Waals surface area contributed by atoms with Crippen LogP contribution >= 0.6 is 15.8 Å². The minimum Gasteiger partial charge on any atom is -0.0622 e. The minimum atomic E-state index is -0.394. The second kappa shape index (κ2) is 8.83. The van der Waals surface area contributed by atoms with Gasteiger partial charge in [0.2, 0.25) is 0 Å². The molecule has 2 unspecified atom stereocenters. The molecule has 4 rings (SSSR count). The summed E-state index contributed by atoms with van der Waals surface area (Å²) in [5.74, 6) is 0. The van der Waals surface area contributed by atoms with Crippen LogP contribution in [0.15, 0.2) is 109 Å². The summed E-state index contributed by atoms with van der Waals surface area (Å²) in [6.07, 6.45) is 0. The Morgan fingerprint density at radius 3 is 1.11 bits per heavy atom. The minimum absolute atomic E-state index is 0.394. The molecule has 4 aromatic rings. The lowest BCUT2D eigenvalue weighted by molar-refractivity contribution is 1.68. The maximum Gasteiger partial charge on any atom is -0.00972 e. The second-order valence-electron chi connectivity index (χ2n) is 6.82. The molecule has 0 aliphatic heterocycles. The van der Waals surface area contributed by atoms with Crippen molar-refractivity contribution in [2.45, 2.75) is 0 Å². The largest absolute Gasteiger partial charge is 0.0622 e. The predicted molar refractivity (Wildman–Crippen MR) is 129 cm³/mol. The van der Waals surface area contributed by atoms with E-state index in [0.717, 1.165) is 0 Å². The highest BCUT2D eigenvalue weighted by Gasteiger charge is 2.18. The zero-order chi connectivity index (χ0) is 19.3. The Kier molecular flexibility index (Phi) is 6.01. The summed E-state index contributed by atoms with van der Waals surface area (Å²) < 4.78 is 0. The van der Waals surface area contributed by atoms with Crippen LogP contribution in [0, 0.1) is 0 Å². The van der Waals surface area contributed by atoms with Gasteiger partial charge in [0.15, 0.2) is 0 Å². The predicted octanol–water partition coefficient (Wildman–Crippen LogP) is 5.48. The van der Waals surface area contributed by atoms with Crippen LogP contribution in [-0.2, 0) is 0 Å². The van der Waals surface area contributed by atoms with Gasteiger partial charge in [0.1, 0.15) is 0 Å². The van der Waals surface area contributed by atoms with E-state index in [9.17, 15) is 0 Å². The molecule has 0 aliphatic carbocycles. The highest BCUT2D eigenvalue weighted by Crippen LogP contribution is 2.37. The first kappa shape index (κ1) is 19.1. The van der Waals surface area contributed by atoms with E-state index in [-0.39, 0.29) is 0 Å². The standard InChI is InChI=1S/C26H24P2/c1-27(21-13-5-3-6-14-21)25-19-11-9-17-23(25)24-18-10-12-20-26(24)28(2)22-15-7-4-8-16-22/h3-20H,1-2H3. The summed E-state index contributed by atoms with van der Waals surface area (Å²) in [6, 6.07) is 39.7. The number of hydrogen-bond acceptors (Lipinski definition) is 0. The fourth-order valence-corrected chi connectivity index (χ4v) is 7.10. The summed E-state index contributed by atoms with van der Waals surface area (Å²) in [5, 5.41) is 5.74. The van der Waals surface area contributed by atoms with Crippen LogP contribution in [0.3, 0.4) is 0 Å². The monoisotopic (exact) mass is 398 g/mol. The molecule has 0 fully saturated rings. The SMILES string of the molecule is CP(c1ccccc1)c1ccccc1-c1ccccc1P(C)c1ccccc1. The van der Waals surface area contributed by atoms with Gasteiger partial charge in [0.05, 0.1) is 0 Å². The zero-order valence-electron chi connectivity index (χ0n) is 16.3. The van der Waals surface area contributed by atoms with E-state index in [2.05, 4.69) is 123 Å². The molecule has 2 atom stereocenters. The van der Waals surface area contributed by atoms with E-state index in [1.807, 2.05) is 0 Å². The third kappa shape index (κ3) is 3.95. The van der Waals surface area contributed by atoms with Crippen molar-refractivity contribution in [1.29, 1.82) is 0 Å². The molecule has 0 aromatic heterocycles. The maximum absolute atomic E-state index is 2.37. The maximum atomic E-state index is 2.37. The van der Waals surface area contributed by atoms with E-state index in [4.69, 9.17) is 0 Å². The normalized spacial score (nSPS) is 13.1. The van der Waals surface area contributed by atoms with Crippen molar-refractivity contribution in [3.63, 3.8) is 0 Å². The third-order valence-electron chi connectivity index (χ3n) is 5.11. The van der Waals surface area contributed by atoms with Gasteiger partial charge in [0.25, 0.3) is 0 Å². The highest BCUT2D eigenvalue weighted by atomic mass is 31.1. The van der Waals surface area contributed by atoms with Gasteiger partial charge in [-0.15, -0.1) is 0 Å². The molecule has 0 N–H and O–H groups in total. The number of benzene rings is 4. The molecule has 0 saturated carbocycles. The van der Waals surface area contributed by atoms with Crippen LogP contribution in [0.4, 0.5) is 0 Å². The third-order valence-corrected chi connectivity index (χ3v) is 9.48. The highest BCUT2D eigenvalue weighted by molar-refractivity contribution is 7.73. The Morgan fingerprint density at radius 1 is 0.393 bits per heavy atom. The average molecular weight is 398 g/mol. The fraction of sp³-hybridized carbons (Fsp3) is 0.0769. The molecule has 2 heteroatoms. The van der Waals surface area contributed by atoms with E-state index in [0.29, 0.717) is 0 Å². The Bertz CT molecular complexity index is 955. The van der Waals surface area contributed by atoms with Gasteiger partial charge in [-0.3, -0.25) is 0 Å². The van der Waals surface area contributed by atoms with Crippen molar-refractivity contribution in [2.24, 2.45) is 0 Å². The first-order valence-electron chi connectivity index (χ1n) is 9.51. The van der Waals surface area contributed by atoms with Gasteiger partial charge >= 0.3 is 0 Å². The van der Waals surface area contributed by atoms with Gasteiger partial charge in [-0.2, -0.15) is 0 Å². The lowest BCUT2D eigenvalue weighted by Gasteiger charge is -2.22. The van der Waals surface area contributed by atoms with E-state index < -0.39 is 15.8 Å². The van der Waals surface area contributed by atoms with Crippen LogP contribution < -0.4 is 21.2 Å². The van der Waals surface area contributed by atoms with Gasteiger partial charge < -0.3 is 0 Å². The van der Waals surface area contributed by atoms with Crippen LogP contribution in [-0.4, -0.2) is 13.3 Å². The molecule has 0 nitrogen and oxygen atoms in total. The Labute approximate surface area is 170 Å². The first-order chi connectivity index (χ1) is 13.8. The van der Waals surface area contributed by atoms with E-state index in [1.165, 1.54) is 32.3 Å². The summed E-state index contributed by atoms with van der Waals surface area (Å²) in [5.41, 5.74) is 2.75. The molecule has 0 spiro atoms. The quantitative estimate of drug-likeness (QED) is 0.391. The van der Waals surface area contributed by atoms with Crippen molar-refractivity contribution < 1.29 is 0 Å². The van der Waals surface area contributed by atoms with Crippen molar-refractivity contribution in [2.75, 3.05) is 13.3 Å². The van der Waals surface area contributed by atoms with Crippen molar-refractivity contribution >= 4 is 37.1 Å². The molecule has 0 amide bonds. The van der Waals surface area contributed by atoms with Crippen LogP contribution in [0.2, 0.25) is 0 Å². The molecule has 28 heavy (non-hydrogen) atoms. The number of hydrogen-bond donors (Lipinski definition) is 0. The molecule has 0 saturated heterocycles. The Balaban J connectivity index is 1.81. The van der Waals surface area contributed by atoms with E-state index >= 15 is 0 Å². The number of rotatable bonds is 5. The van der Waals surface area contributed by atoms with Crippen LogP contribution in [0.5, 0.6) is 0 Å². The van der Waals surface area contributed by atoms with Crippen LogP contribution in [0.1, 0.15) is 0 Å². The molecule has 4 aromatic carbocycles. The first-order valence-corrected chi connectivity index (χ1v) is 13.1. The zero-order valence-corrected chi connectivity index (χ0v) is 18.1. The second-order valence-corrected chi connectivity index (χ2v) is 11.1. The summed E-state index contributed by atoms with van der Waals surface area (Å²) >= 11 is 0. The van der Waals surface area contributed by atoms with Crippen molar-refractivity contribution in [1.82, 2.24) is 0 Å². The summed E-state index contributed by atoms with van der Waals surface area (Å²) in [7, 11) is -0.788. The Morgan fingerprint density at radius 2 is 0.714 bits per heavy atom. The lowest BCUT2D eigenvalue weighted by atomic mass is 10.1. The van der Waals surface area contributed by atoms with Gasteiger partial charge in [-0.05, 0) is 61.5 Å². The molecular weight excluding hydrogens is 374 g/mol. The smallest absolute Gasteiger partial charge is 0.00972 e. The van der Waals surface area contributed by atoms with Crippen LogP contribution in [0.25, 0.3) is 11.1 Å². The average Bonchev–Trinajstić information content (AvgIpc) is 2.79. The van der Waals surface area contributed by atoms with Gasteiger partial charge in [-0.1, -0.05) is 109 Å².